The van der Waals surface area contributed by atoms with Gasteiger partial charge in [-0.25, -0.2) is 0 Å². The molecule has 0 atom stereocenters. The first kappa shape index (κ1) is 11.6. The molecule has 0 aliphatic heterocycles. The van der Waals surface area contributed by atoms with E-state index in [4.69, 9.17) is 34.8 Å². The first-order valence-corrected chi connectivity index (χ1v) is 5.13. The highest BCUT2D eigenvalue weighted by molar-refractivity contribution is 6.44. The van der Waals surface area contributed by atoms with Gasteiger partial charge in [-0.15, -0.1) is 11.6 Å². The van der Waals surface area contributed by atoms with Gasteiger partial charge >= 0.3 is 0 Å². The molecule has 76 valence electrons. The molecule has 0 fully saturated rings. The maximum absolute atomic E-state index is 11.3. The summed E-state index contributed by atoms with van der Waals surface area (Å²) in [6.45, 7) is 0. The Hall–Kier alpha value is -0.440. The molecule has 0 aliphatic rings. The van der Waals surface area contributed by atoms with Crippen molar-refractivity contribution < 1.29 is 4.79 Å². The minimum Gasteiger partial charge on any atom is -0.313 e. The van der Waals surface area contributed by atoms with Crippen LogP contribution in [0.25, 0.3) is 0 Å². The van der Waals surface area contributed by atoms with Gasteiger partial charge in [0.1, 0.15) is 5.88 Å². The normalized spacial score (nSPS) is 10.0. The molecule has 0 N–H and O–H groups in total. The first-order chi connectivity index (χ1) is 6.57. The van der Waals surface area contributed by atoms with Crippen LogP contribution in [-0.2, 0) is 4.79 Å². The summed E-state index contributed by atoms with van der Waals surface area (Å²) in [7, 11) is 1.60. The summed E-state index contributed by atoms with van der Waals surface area (Å²) < 4.78 is 0. The van der Waals surface area contributed by atoms with Crippen LogP contribution >= 0.6 is 34.8 Å². The molecule has 0 saturated carbocycles. The van der Waals surface area contributed by atoms with Crippen molar-refractivity contribution in [1.29, 1.82) is 0 Å². The molecular weight excluding hydrogens is 244 g/mol. The number of benzene rings is 1. The predicted octanol–water partition coefficient (Wildman–Crippen LogP) is 3.20. The third-order valence-corrected chi connectivity index (χ3v) is 2.82. The van der Waals surface area contributed by atoms with Crippen molar-refractivity contribution in [3.05, 3.63) is 28.2 Å². The Morgan fingerprint density at radius 3 is 2.64 bits per heavy atom. The van der Waals surface area contributed by atoms with E-state index in [1.165, 1.54) is 4.90 Å². The average Bonchev–Trinajstić information content (AvgIpc) is 2.20. The van der Waals surface area contributed by atoms with Crippen LogP contribution in [0.4, 0.5) is 5.69 Å². The largest absolute Gasteiger partial charge is 0.313 e. The van der Waals surface area contributed by atoms with Crippen LogP contribution < -0.4 is 4.90 Å². The second-order valence-corrected chi connectivity index (χ2v) is 3.71. The molecule has 1 amide bonds. The quantitative estimate of drug-likeness (QED) is 0.740. The minimum absolute atomic E-state index is 0.0840. The lowest BCUT2D eigenvalue weighted by molar-refractivity contribution is -0.116. The lowest BCUT2D eigenvalue weighted by atomic mass is 10.3. The second kappa shape index (κ2) is 4.87. The van der Waals surface area contributed by atoms with Gasteiger partial charge in [-0.3, -0.25) is 4.79 Å². The zero-order valence-electron chi connectivity index (χ0n) is 7.43. The van der Waals surface area contributed by atoms with Gasteiger partial charge in [0.25, 0.3) is 0 Å². The molecule has 1 aromatic rings. The standard InChI is InChI=1S/C9H8Cl3NO/c1-13(8(14)5-10)7-4-2-3-6(11)9(7)12/h2-4H,5H2,1H3. The fraction of sp³-hybridized carbons (Fsp3) is 0.222. The van der Waals surface area contributed by atoms with Crippen molar-refractivity contribution in [3.8, 4) is 0 Å². The Kier molecular flexibility index (Phi) is 4.05. The molecule has 0 unspecified atom stereocenters. The van der Waals surface area contributed by atoms with Crippen molar-refractivity contribution in [2.24, 2.45) is 0 Å². The number of carbonyl (C=O) groups is 1. The van der Waals surface area contributed by atoms with Crippen LogP contribution in [0.15, 0.2) is 18.2 Å². The summed E-state index contributed by atoms with van der Waals surface area (Å²) in [5, 5.41) is 0.772. The first-order valence-electron chi connectivity index (χ1n) is 3.84. The van der Waals surface area contributed by atoms with Gasteiger partial charge in [0.2, 0.25) is 5.91 Å². The average molecular weight is 253 g/mol. The Morgan fingerprint density at radius 2 is 2.07 bits per heavy atom. The van der Waals surface area contributed by atoms with Gasteiger partial charge in [0, 0.05) is 7.05 Å². The highest BCUT2D eigenvalue weighted by Crippen LogP contribution is 2.31. The lowest BCUT2D eigenvalue weighted by Crippen LogP contribution is -2.27. The lowest BCUT2D eigenvalue weighted by Gasteiger charge is -2.17. The van der Waals surface area contributed by atoms with Crippen LogP contribution in [-0.4, -0.2) is 18.8 Å². The van der Waals surface area contributed by atoms with Crippen molar-refractivity contribution in [3.63, 3.8) is 0 Å². The van der Waals surface area contributed by atoms with E-state index in [1.54, 1.807) is 25.2 Å². The van der Waals surface area contributed by atoms with E-state index >= 15 is 0 Å². The molecule has 1 rings (SSSR count). The third-order valence-electron chi connectivity index (χ3n) is 1.78. The fourth-order valence-corrected chi connectivity index (χ4v) is 1.58. The molecule has 5 heteroatoms. The van der Waals surface area contributed by atoms with E-state index in [-0.39, 0.29) is 11.8 Å². The summed E-state index contributed by atoms with van der Waals surface area (Å²) >= 11 is 17.1. The van der Waals surface area contributed by atoms with Crippen LogP contribution in [0.5, 0.6) is 0 Å². The SMILES string of the molecule is CN(C(=O)CCl)c1cccc(Cl)c1Cl. The van der Waals surface area contributed by atoms with Crippen molar-refractivity contribution >= 4 is 46.4 Å². The van der Waals surface area contributed by atoms with Crippen LogP contribution in [0.1, 0.15) is 0 Å². The molecule has 0 heterocycles. The van der Waals surface area contributed by atoms with Crippen LogP contribution in [0.3, 0.4) is 0 Å². The number of anilines is 1. The number of nitrogens with zero attached hydrogens (tertiary/aromatic N) is 1. The number of rotatable bonds is 2. The summed E-state index contributed by atoms with van der Waals surface area (Å²) in [4.78, 5) is 12.6. The second-order valence-electron chi connectivity index (χ2n) is 2.66. The summed E-state index contributed by atoms with van der Waals surface area (Å²) in [5.74, 6) is -0.310. The van der Waals surface area contributed by atoms with E-state index in [2.05, 4.69) is 0 Å². The Morgan fingerprint density at radius 1 is 1.43 bits per heavy atom. The maximum Gasteiger partial charge on any atom is 0.241 e. The minimum atomic E-state index is -0.226. The van der Waals surface area contributed by atoms with Gasteiger partial charge in [0.05, 0.1) is 15.7 Å². The van der Waals surface area contributed by atoms with Crippen molar-refractivity contribution in [1.82, 2.24) is 0 Å². The van der Waals surface area contributed by atoms with E-state index in [1.807, 2.05) is 0 Å². The Labute approximate surface area is 97.4 Å². The summed E-state index contributed by atoms with van der Waals surface area (Å²) in [6, 6.07) is 5.09. The molecule has 2 nitrogen and oxygen atoms in total. The molecule has 0 bridgehead atoms. The smallest absolute Gasteiger partial charge is 0.241 e. The Balaban J connectivity index is 3.07. The highest BCUT2D eigenvalue weighted by Gasteiger charge is 2.13. The summed E-state index contributed by atoms with van der Waals surface area (Å²) in [6.07, 6.45) is 0. The molecule has 0 aliphatic carbocycles. The summed E-state index contributed by atoms with van der Waals surface area (Å²) in [5.41, 5.74) is 0.560. The van der Waals surface area contributed by atoms with E-state index < -0.39 is 0 Å². The monoisotopic (exact) mass is 251 g/mol. The van der Waals surface area contributed by atoms with Crippen molar-refractivity contribution in [2.75, 3.05) is 17.8 Å². The van der Waals surface area contributed by atoms with E-state index in [0.717, 1.165) is 0 Å². The molecule has 0 saturated heterocycles. The van der Waals surface area contributed by atoms with Crippen LogP contribution in [0, 0.1) is 0 Å². The topological polar surface area (TPSA) is 20.3 Å². The van der Waals surface area contributed by atoms with Gasteiger partial charge < -0.3 is 4.90 Å². The molecule has 0 radical (unpaired) electrons. The zero-order chi connectivity index (χ0) is 10.7. The number of amides is 1. The van der Waals surface area contributed by atoms with E-state index in [0.29, 0.717) is 15.7 Å². The molecule has 1 aromatic carbocycles. The molecule has 0 aromatic heterocycles. The van der Waals surface area contributed by atoms with Crippen LogP contribution in [0.2, 0.25) is 10.0 Å². The Bertz CT molecular complexity index is 354. The van der Waals surface area contributed by atoms with Gasteiger partial charge in [0.15, 0.2) is 0 Å². The zero-order valence-corrected chi connectivity index (χ0v) is 9.70. The molecule has 0 spiro atoms. The van der Waals surface area contributed by atoms with Crippen molar-refractivity contribution in [2.45, 2.75) is 0 Å². The number of hydrogen-bond donors (Lipinski definition) is 0. The fourth-order valence-electron chi connectivity index (χ4n) is 0.975. The number of halogens is 3. The predicted molar refractivity (Wildman–Crippen MR) is 60.6 cm³/mol. The van der Waals surface area contributed by atoms with Gasteiger partial charge in [-0.2, -0.15) is 0 Å². The van der Waals surface area contributed by atoms with Gasteiger partial charge in [-0.05, 0) is 12.1 Å². The number of carbonyl (C=O) groups excluding carboxylic acids is 1. The molecular formula is C9H8Cl3NO. The van der Waals surface area contributed by atoms with E-state index in [9.17, 15) is 4.79 Å². The third kappa shape index (κ3) is 2.32. The number of hydrogen-bond acceptors (Lipinski definition) is 1. The highest BCUT2D eigenvalue weighted by atomic mass is 35.5. The van der Waals surface area contributed by atoms with Gasteiger partial charge in [-0.1, -0.05) is 29.3 Å². The number of alkyl halides is 1. The maximum atomic E-state index is 11.3. The molecule has 14 heavy (non-hydrogen) atoms.